The zero-order valence-corrected chi connectivity index (χ0v) is 9.90. The van der Waals surface area contributed by atoms with Gasteiger partial charge in [-0.05, 0) is 24.1 Å². The van der Waals surface area contributed by atoms with Gasteiger partial charge in [-0.1, -0.05) is 19.1 Å². The molecule has 3 heteroatoms. The lowest BCUT2D eigenvalue weighted by Crippen LogP contribution is -2.13. The second kappa shape index (κ2) is 3.81. The quantitative estimate of drug-likeness (QED) is 0.830. The Bertz CT molecular complexity index is 428. The van der Waals surface area contributed by atoms with Crippen molar-refractivity contribution in [3.63, 3.8) is 0 Å². The molecule has 0 aliphatic carbocycles. The van der Waals surface area contributed by atoms with E-state index in [-0.39, 0.29) is 0 Å². The molecule has 1 aromatic rings. The Balaban J connectivity index is 2.40. The van der Waals surface area contributed by atoms with Crippen LogP contribution in [0.25, 0.3) is 0 Å². The second-order valence-electron chi connectivity index (χ2n) is 4.66. The molecular formula is C13H17NO2. The topological polar surface area (TPSA) is 40.5 Å². The van der Waals surface area contributed by atoms with Crippen LogP contribution >= 0.6 is 0 Å². The van der Waals surface area contributed by atoms with Crippen molar-refractivity contribution in [2.24, 2.45) is 0 Å². The van der Waals surface area contributed by atoms with E-state index in [2.05, 4.69) is 18.9 Å². The van der Waals surface area contributed by atoms with Gasteiger partial charge in [0.05, 0.1) is 5.92 Å². The van der Waals surface area contributed by atoms with E-state index in [1.165, 1.54) is 11.3 Å². The molecule has 0 bridgehead atoms. The predicted molar refractivity (Wildman–Crippen MR) is 64.2 cm³/mol. The largest absolute Gasteiger partial charge is 0.481 e. The number of fused-ring (bicyclic) bond motifs is 1. The van der Waals surface area contributed by atoms with Crippen LogP contribution in [-0.2, 0) is 4.79 Å². The zero-order valence-electron chi connectivity index (χ0n) is 9.90. The van der Waals surface area contributed by atoms with Crippen molar-refractivity contribution < 1.29 is 9.90 Å². The fraction of sp³-hybridized carbons (Fsp3) is 0.462. The third-order valence-electron chi connectivity index (χ3n) is 3.41. The number of carboxylic acids is 1. The zero-order chi connectivity index (χ0) is 11.9. The van der Waals surface area contributed by atoms with E-state index in [0.29, 0.717) is 5.92 Å². The Morgan fingerprint density at radius 3 is 2.88 bits per heavy atom. The van der Waals surface area contributed by atoms with E-state index < -0.39 is 11.9 Å². The van der Waals surface area contributed by atoms with Crippen LogP contribution in [0, 0.1) is 0 Å². The molecule has 0 spiro atoms. The summed E-state index contributed by atoms with van der Waals surface area (Å²) < 4.78 is 0. The SMILES string of the molecule is CC1CN(C)c2ccc(C(C)C(=O)O)cc21. The molecule has 0 aromatic heterocycles. The minimum absolute atomic E-state index is 0.427. The third kappa shape index (κ3) is 1.66. The minimum Gasteiger partial charge on any atom is -0.481 e. The molecule has 1 aliphatic heterocycles. The number of nitrogens with zero attached hydrogens (tertiary/aromatic N) is 1. The number of benzene rings is 1. The van der Waals surface area contributed by atoms with Gasteiger partial charge in [-0.3, -0.25) is 4.79 Å². The van der Waals surface area contributed by atoms with Gasteiger partial charge in [-0.15, -0.1) is 0 Å². The summed E-state index contributed by atoms with van der Waals surface area (Å²) >= 11 is 0. The highest BCUT2D eigenvalue weighted by Crippen LogP contribution is 2.36. The molecule has 1 aromatic carbocycles. The average Bonchev–Trinajstić information content (AvgIpc) is 2.53. The number of carboxylic acid groups (broad SMARTS) is 1. The van der Waals surface area contributed by atoms with Crippen molar-refractivity contribution in [2.45, 2.75) is 25.7 Å². The fourth-order valence-electron chi connectivity index (χ4n) is 2.33. The van der Waals surface area contributed by atoms with Crippen molar-refractivity contribution >= 4 is 11.7 Å². The van der Waals surface area contributed by atoms with Gasteiger partial charge < -0.3 is 10.0 Å². The van der Waals surface area contributed by atoms with Crippen LogP contribution in [0.15, 0.2) is 18.2 Å². The van der Waals surface area contributed by atoms with Gasteiger partial charge in [-0.2, -0.15) is 0 Å². The van der Waals surface area contributed by atoms with Crippen LogP contribution in [0.5, 0.6) is 0 Å². The van der Waals surface area contributed by atoms with Crippen LogP contribution in [0.3, 0.4) is 0 Å². The van der Waals surface area contributed by atoms with Crippen molar-refractivity contribution in [1.29, 1.82) is 0 Å². The van der Waals surface area contributed by atoms with E-state index in [4.69, 9.17) is 5.11 Å². The molecule has 3 nitrogen and oxygen atoms in total. The Morgan fingerprint density at radius 1 is 1.56 bits per heavy atom. The molecule has 0 saturated carbocycles. The summed E-state index contributed by atoms with van der Waals surface area (Å²) in [4.78, 5) is 13.2. The third-order valence-corrected chi connectivity index (χ3v) is 3.41. The monoisotopic (exact) mass is 219 g/mol. The van der Waals surface area contributed by atoms with Crippen molar-refractivity contribution in [3.8, 4) is 0 Å². The number of hydrogen-bond acceptors (Lipinski definition) is 2. The van der Waals surface area contributed by atoms with Crippen molar-refractivity contribution in [3.05, 3.63) is 29.3 Å². The second-order valence-corrected chi connectivity index (χ2v) is 4.66. The summed E-state index contributed by atoms with van der Waals surface area (Å²) in [5.74, 6) is -0.705. The Kier molecular flexibility index (Phi) is 2.62. The van der Waals surface area contributed by atoms with E-state index in [1.54, 1.807) is 6.92 Å². The standard InChI is InChI=1S/C13H17NO2/c1-8-7-14(3)12-5-4-10(6-11(8)12)9(2)13(15)16/h4-6,8-9H,7H2,1-3H3,(H,15,16). The molecule has 2 unspecified atom stereocenters. The summed E-state index contributed by atoms with van der Waals surface area (Å²) in [6.45, 7) is 4.92. The van der Waals surface area contributed by atoms with E-state index >= 15 is 0 Å². The Labute approximate surface area is 95.7 Å². The number of carbonyl (C=O) groups is 1. The number of rotatable bonds is 2. The maximum atomic E-state index is 10.9. The molecule has 1 N–H and O–H groups in total. The Hall–Kier alpha value is -1.51. The summed E-state index contributed by atoms with van der Waals surface area (Å²) in [6.07, 6.45) is 0. The summed E-state index contributed by atoms with van der Waals surface area (Å²) in [7, 11) is 2.07. The summed E-state index contributed by atoms with van der Waals surface area (Å²) in [6, 6.07) is 6.00. The molecule has 0 saturated heterocycles. The highest BCUT2D eigenvalue weighted by Gasteiger charge is 2.24. The fourth-order valence-corrected chi connectivity index (χ4v) is 2.33. The van der Waals surface area contributed by atoms with E-state index in [1.807, 2.05) is 18.2 Å². The van der Waals surface area contributed by atoms with Gasteiger partial charge in [0.1, 0.15) is 0 Å². The first-order chi connectivity index (χ1) is 7.50. The first-order valence-electron chi connectivity index (χ1n) is 5.58. The average molecular weight is 219 g/mol. The van der Waals surface area contributed by atoms with Crippen LogP contribution in [0.4, 0.5) is 5.69 Å². The molecule has 0 amide bonds. The summed E-state index contributed by atoms with van der Waals surface area (Å²) in [5.41, 5.74) is 3.40. The molecular weight excluding hydrogens is 202 g/mol. The van der Waals surface area contributed by atoms with Gasteiger partial charge in [0.25, 0.3) is 0 Å². The van der Waals surface area contributed by atoms with Crippen LogP contribution in [-0.4, -0.2) is 24.7 Å². The molecule has 2 atom stereocenters. The van der Waals surface area contributed by atoms with Crippen molar-refractivity contribution in [1.82, 2.24) is 0 Å². The maximum Gasteiger partial charge on any atom is 0.310 e. The van der Waals surface area contributed by atoms with Crippen molar-refractivity contribution in [2.75, 3.05) is 18.5 Å². The minimum atomic E-state index is -0.765. The van der Waals surface area contributed by atoms with Gasteiger partial charge in [0, 0.05) is 25.2 Å². The molecule has 86 valence electrons. The lowest BCUT2D eigenvalue weighted by Gasteiger charge is -2.13. The molecule has 0 fully saturated rings. The van der Waals surface area contributed by atoms with Gasteiger partial charge >= 0.3 is 5.97 Å². The number of aliphatic carboxylic acids is 1. The number of anilines is 1. The van der Waals surface area contributed by atoms with Crippen LogP contribution in [0.2, 0.25) is 0 Å². The summed E-state index contributed by atoms with van der Waals surface area (Å²) in [5, 5.41) is 8.99. The molecule has 2 rings (SSSR count). The van der Waals surface area contributed by atoms with Gasteiger partial charge in [0.15, 0.2) is 0 Å². The lowest BCUT2D eigenvalue weighted by molar-refractivity contribution is -0.138. The highest BCUT2D eigenvalue weighted by molar-refractivity contribution is 5.76. The number of likely N-dealkylation sites (N-methyl/N-ethyl adjacent to an activating group) is 1. The van der Waals surface area contributed by atoms with E-state index in [0.717, 1.165) is 12.1 Å². The van der Waals surface area contributed by atoms with E-state index in [9.17, 15) is 4.79 Å². The first-order valence-corrected chi connectivity index (χ1v) is 5.58. The highest BCUT2D eigenvalue weighted by atomic mass is 16.4. The normalized spacial score (nSPS) is 20.7. The van der Waals surface area contributed by atoms with Gasteiger partial charge in [0.2, 0.25) is 0 Å². The Morgan fingerprint density at radius 2 is 2.25 bits per heavy atom. The predicted octanol–water partition coefficient (Wildman–Crippen LogP) is 2.43. The van der Waals surface area contributed by atoms with Crippen LogP contribution in [0.1, 0.15) is 36.8 Å². The molecule has 1 aliphatic rings. The molecule has 1 heterocycles. The smallest absolute Gasteiger partial charge is 0.310 e. The lowest BCUT2D eigenvalue weighted by atomic mass is 9.95. The van der Waals surface area contributed by atoms with Crippen LogP contribution < -0.4 is 4.90 Å². The molecule has 16 heavy (non-hydrogen) atoms. The van der Waals surface area contributed by atoms with Gasteiger partial charge in [-0.25, -0.2) is 0 Å². The maximum absolute atomic E-state index is 10.9. The number of hydrogen-bond donors (Lipinski definition) is 1. The molecule has 0 radical (unpaired) electrons. The first kappa shape index (κ1) is 11.0.